The molecule has 9 heteroatoms. The zero-order chi connectivity index (χ0) is 15.5. The second-order valence-electron chi connectivity index (χ2n) is 4.05. The molecule has 0 atom stereocenters. The van der Waals surface area contributed by atoms with Crippen LogP contribution in [0.2, 0.25) is 0 Å². The van der Waals surface area contributed by atoms with Crippen molar-refractivity contribution in [3.8, 4) is 0 Å². The molecule has 1 aromatic rings. The van der Waals surface area contributed by atoms with Crippen molar-refractivity contribution in [2.24, 2.45) is 0 Å². The maximum absolute atomic E-state index is 12.1. The SMILES string of the molecule is CN(CCC(F)(F)F)c1cc([N+](=O)[O-])ccc1C(=O)O. The first-order valence-corrected chi connectivity index (χ1v) is 5.41. The predicted molar refractivity (Wildman–Crippen MR) is 64.0 cm³/mol. The van der Waals surface area contributed by atoms with E-state index in [0.29, 0.717) is 0 Å². The number of non-ortho nitro benzene ring substituents is 1. The first-order valence-electron chi connectivity index (χ1n) is 5.41. The topological polar surface area (TPSA) is 83.7 Å². The molecule has 6 nitrogen and oxygen atoms in total. The number of carboxylic acid groups (broad SMARTS) is 1. The first kappa shape index (κ1) is 15.7. The molecule has 0 aromatic heterocycles. The quantitative estimate of drug-likeness (QED) is 0.666. The van der Waals surface area contributed by atoms with Crippen LogP contribution in [0.15, 0.2) is 18.2 Å². The summed E-state index contributed by atoms with van der Waals surface area (Å²) in [5.74, 6) is -1.37. The largest absolute Gasteiger partial charge is 0.478 e. The Labute approximate surface area is 111 Å². The van der Waals surface area contributed by atoms with E-state index in [1.54, 1.807) is 0 Å². The highest BCUT2D eigenvalue weighted by molar-refractivity contribution is 5.95. The van der Waals surface area contributed by atoms with Gasteiger partial charge >= 0.3 is 12.1 Å². The average molecular weight is 292 g/mol. The zero-order valence-electron chi connectivity index (χ0n) is 10.3. The van der Waals surface area contributed by atoms with Gasteiger partial charge in [-0.1, -0.05) is 0 Å². The third-order valence-corrected chi connectivity index (χ3v) is 2.56. The zero-order valence-corrected chi connectivity index (χ0v) is 10.3. The van der Waals surface area contributed by atoms with Crippen LogP contribution >= 0.6 is 0 Å². The van der Waals surface area contributed by atoms with Gasteiger partial charge in [0.05, 0.1) is 22.6 Å². The van der Waals surface area contributed by atoms with Crippen LogP contribution in [0.3, 0.4) is 0 Å². The second-order valence-corrected chi connectivity index (χ2v) is 4.05. The van der Waals surface area contributed by atoms with Gasteiger partial charge in [0.2, 0.25) is 0 Å². The molecule has 0 saturated heterocycles. The number of hydrogen-bond donors (Lipinski definition) is 1. The molecule has 0 spiro atoms. The van der Waals surface area contributed by atoms with Gasteiger partial charge in [0, 0.05) is 25.7 Å². The van der Waals surface area contributed by atoms with E-state index in [2.05, 4.69) is 0 Å². The average Bonchev–Trinajstić information content (AvgIpc) is 2.34. The predicted octanol–water partition coefficient (Wildman–Crippen LogP) is 2.68. The summed E-state index contributed by atoms with van der Waals surface area (Å²) in [6, 6.07) is 2.93. The van der Waals surface area contributed by atoms with Gasteiger partial charge in [-0.3, -0.25) is 10.1 Å². The lowest BCUT2D eigenvalue weighted by atomic mass is 10.1. The summed E-state index contributed by atoms with van der Waals surface area (Å²) < 4.78 is 36.4. The van der Waals surface area contributed by atoms with Crippen LogP contribution in [-0.4, -0.2) is 35.8 Å². The normalized spacial score (nSPS) is 11.2. The lowest BCUT2D eigenvalue weighted by Crippen LogP contribution is -2.25. The highest BCUT2D eigenvalue weighted by atomic mass is 19.4. The van der Waals surface area contributed by atoms with E-state index in [0.717, 1.165) is 23.1 Å². The van der Waals surface area contributed by atoms with Crippen molar-refractivity contribution in [2.45, 2.75) is 12.6 Å². The molecule has 1 rings (SSSR count). The Morgan fingerprint density at radius 1 is 1.45 bits per heavy atom. The summed E-state index contributed by atoms with van der Waals surface area (Å²) in [5.41, 5.74) is -0.805. The van der Waals surface area contributed by atoms with Gasteiger partial charge in [-0.05, 0) is 6.07 Å². The van der Waals surface area contributed by atoms with Gasteiger partial charge in [0.15, 0.2) is 0 Å². The van der Waals surface area contributed by atoms with E-state index in [9.17, 15) is 28.1 Å². The van der Waals surface area contributed by atoms with Gasteiger partial charge in [0.1, 0.15) is 0 Å². The minimum atomic E-state index is -4.39. The number of hydrogen-bond acceptors (Lipinski definition) is 4. The number of anilines is 1. The van der Waals surface area contributed by atoms with Crippen LogP contribution in [0.25, 0.3) is 0 Å². The number of alkyl halides is 3. The maximum Gasteiger partial charge on any atom is 0.390 e. The number of benzene rings is 1. The van der Waals surface area contributed by atoms with Crippen LogP contribution < -0.4 is 4.90 Å². The van der Waals surface area contributed by atoms with Gasteiger partial charge in [-0.2, -0.15) is 13.2 Å². The number of aromatic carboxylic acids is 1. The number of rotatable bonds is 5. The van der Waals surface area contributed by atoms with E-state index in [4.69, 9.17) is 5.11 Å². The molecule has 1 aromatic carbocycles. The summed E-state index contributed by atoms with van der Waals surface area (Å²) >= 11 is 0. The molecule has 0 amide bonds. The second kappa shape index (κ2) is 5.76. The third kappa shape index (κ3) is 4.11. The molecule has 0 aliphatic carbocycles. The highest BCUT2D eigenvalue weighted by Crippen LogP contribution is 2.27. The molecule has 0 fully saturated rings. The van der Waals surface area contributed by atoms with Crippen molar-refractivity contribution in [1.82, 2.24) is 0 Å². The van der Waals surface area contributed by atoms with Crippen LogP contribution in [0.4, 0.5) is 24.5 Å². The molecule has 0 unspecified atom stereocenters. The number of nitro benzene ring substituents is 1. The van der Waals surface area contributed by atoms with Crippen LogP contribution in [0.5, 0.6) is 0 Å². The van der Waals surface area contributed by atoms with Crippen molar-refractivity contribution in [1.29, 1.82) is 0 Å². The molecule has 0 aliphatic rings. The standard InChI is InChI=1S/C11H11F3N2O4/c1-15(5-4-11(12,13)14)9-6-7(16(19)20)2-3-8(9)10(17)18/h2-3,6H,4-5H2,1H3,(H,17,18). The van der Waals surface area contributed by atoms with E-state index in [1.165, 1.54) is 7.05 Å². The molecule has 1 N–H and O–H groups in total. The number of carboxylic acids is 1. The fraction of sp³-hybridized carbons (Fsp3) is 0.364. The Balaban J connectivity index is 3.09. The smallest absolute Gasteiger partial charge is 0.390 e. The van der Waals surface area contributed by atoms with E-state index in [-0.39, 0.29) is 16.9 Å². The minimum Gasteiger partial charge on any atom is -0.478 e. The van der Waals surface area contributed by atoms with Crippen LogP contribution in [-0.2, 0) is 0 Å². The van der Waals surface area contributed by atoms with Crippen molar-refractivity contribution in [3.05, 3.63) is 33.9 Å². The molecule has 0 heterocycles. The highest BCUT2D eigenvalue weighted by Gasteiger charge is 2.28. The fourth-order valence-corrected chi connectivity index (χ4v) is 1.55. The lowest BCUT2D eigenvalue weighted by molar-refractivity contribution is -0.384. The van der Waals surface area contributed by atoms with Crippen LogP contribution in [0.1, 0.15) is 16.8 Å². The van der Waals surface area contributed by atoms with Gasteiger partial charge in [-0.25, -0.2) is 4.79 Å². The molecule has 0 bridgehead atoms. The van der Waals surface area contributed by atoms with E-state index >= 15 is 0 Å². The minimum absolute atomic E-state index is 0.129. The Morgan fingerprint density at radius 2 is 2.05 bits per heavy atom. The monoisotopic (exact) mass is 292 g/mol. The molecule has 110 valence electrons. The Kier molecular flexibility index (Phi) is 4.53. The molecular weight excluding hydrogens is 281 g/mol. The maximum atomic E-state index is 12.1. The van der Waals surface area contributed by atoms with Gasteiger partial charge in [-0.15, -0.1) is 0 Å². The van der Waals surface area contributed by atoms with Crippen molar-refractivity contribution >= 4 is 17.3 Å². The molecule has 0 aliphatic heterocycles. The van der Waals surface area contributed by atoms with Gasteiger partial charge in [0.25, 0.3) is 5.69 Å². The number of carbonyl (C=O) groups is 1. The Morgan fingerprint density at radius 3 is 2.50 bits per heavy atom. The summed E-state index contributed by atoms with van der Waals surface area (Å²) in [6.45, 7) is -0.495. The van der Waals surface area contributed by atoms with Gasteiger partial charge < -0.3 is 10.0 Å². The Bertz CT molecular complexity index is 531. The summed E-state index contributed by atoms with van der Waals surface area (Å²) in [5, 5.41) is 19.6. The first-order chi connectivity index (χ1) is 9.11. The number of nitrogens with zero attached hydrogens (tertiary/aromatic N) is 2. The molecule has 0 radical (unpaired) electrons. The molecular formula is C11H11F3N2O4. The molecule has 0 saturated carbocycles. The fourth-order valence-electron chi connectivity index (χ4n) is 1.55. The van der Waals surface area contributed by atoms with E-state index in [1.807, 2.05) is 0 Å². The van der Waals surface area contributed by atoms with Crippen molar-refractivity contribution < 1.29 is 28.0 Å². The summed E-state index contributed by atoms with van der Waals surface area (Å²) in [4.78, 5) is 21.9. The third-order valence-electron chi connectivity index (χ3n) is 2.56. The molecule has 20 heavy (non-hydrogen) atoms. The van der Waals surface area contributed by atoms with Crippen molar-refractivity contribution in [2.75, 3.05) is 18.5 Å². The number of nitro groups is 1. The van der Waals surface area contributed by atoms with E-state index < -0.39 is 30.0 Å². The lowest BCUT2D eigenvalue weighted by Gasteiger charge is -2.21. The van der Waals surface area contributed by atoms with Crippen LogP contribution in [0, 0.1) is 10.1 Å². The summed E-state index contributed by atoms with van der Waals surface area (Å²) in [7, 11) is 1.25. The van der Waals surface area contributed by atoms with Crippen molar-refractivity contribution in [3.63, 3.8) is 0 Å². The number of halogens is 3. The summed E-state index contributed by atoms with van der Waals surface area (Å²) in [6.07, 6.45) is -5.54. The Hall–Kier alpha value is -2.32.